The largest absolute Gasteiger partial charge is 0.326 e. The predicted molar refractivity (Wildman–Crippen MR) is 140 cm³/mol. The maximum Gasteiger partial charge on any atom is 0.241 e. The van der Waals surface area contributed by atoms with Crippen LogP contribution in [0.1, 0.15) is 34.5 Å². The first-order chi connectivity index (χ1) is 16.6. The first-order valence-electron chi connectivity index (χ1n) is 11.5. The number of hydrogen-bond donors (Lipinski definition) is 1. The summed E-state index contributed by atoms with van der Waals surface area (Å²) in [7, 11) is 0. The Labute approximate surface area is 208 Å². The van der Waals surface area contributed by atoms with Gasteiger partial charge < -0.3 is 5.32 Å². The fourth-order valence-corrected chi connectivity index (χ4v) is 5.49. The van der Waals surface area contributed by atoms with Gasteiger partial charge in [0.25, 0.3) is 0 Å². The van der Waals surface area contributed by atoms with Crippen LogP contribution in [0.15, 0.2) is 77.7 Å². The number of aromatic nitrogens is 1. The van der Waals surface area contributed by atoms with Crippen LogP contribution in [-0.2, 0) is 24.1 Å². The molecule has 0 saturated carbocycles. The van der Waals surface area contributed by atoms with Crippen molar-refractivity contribution in [3.05, 3.63) is 94.6 Å². The lowest BCUT2D eigenvalue weighted by Gasteiger charge is -2.15. The van der Waals surface area contributed by atoms with Crippen molar-refractivity contribution >= 4 is 51.8 Å². The number of para-hydroxylation sites is 1. The highest BCUT2D eigenvalue weighted by atomic mass is 35.5. The molecule has 1 aromatic heterocycles. The van der Waals surface area contributed by atoms with Crippen LogP contribution in [0.25, 0.3) is 10.9 Å². The highest BCUT2D eigenvalue weighted by Crippen LogP contribution is 2.32. The fraction of sp³-hybridized carbons (Fsp3) is 0.214. The van der Waals surface area contributed by atoms with Gasteiger partial charge in [0.2, 0.25) is 11.8 Å². The van der Waals surface area contributed by atoms with E-state index in [9.17, 15) is 9.59 Å². The molecule has 4 nitrogen and oxygen atoms in total. The Morgan fingerprint density at radius 3 is 2.44 bits per heavy atom. The molecule has 1 N–H and O–H groups in total. The van der Waals surface area contributed by atoms with Gasteiger partial charge in [-0.2, -0.15) is 0 Å². The van der Waals surface area contributed by atoms with Gasteiger partial charge in [0, 0.05) is 26.7 Å². The van der Waals surface area contributed by atoms with Crippen LogP contribution in [0.5, 0.6) is 0 Å². The Balaban J connectivity index is 1.22. The zero-order chi connectivity index (χ0) is 23.5. The third-order valence-electron chi connectivity index (χ3n) is 6.21. The molecular weight excluding hydrogens is 464 g/mol. The molecule has 0 atom stereocenters. The van der Waals surface area contributed by atoms with Crippen molar-refractivity contribution in [2.45, 2.75) is 37.0 Å². The van der Waals surface area contributed by atoms with Gasteiger partial charge in [0.1, 0.15) is 0 Å². The SMILES string of the molecule is O=C(Cc1ccc(Cl)cc1)Nc1ccc(SCC(=O)n2c3c(c4ccccc42)CCCC3)cc1. The summed E-state index contributed by atoms with van der Waals surface area (Å²) in [4.78, 5) is 26.6. The van der Waals surface area contributed by atoms with E-state index < -0.39 is 0 Å². The molecule has 0 saturated heterocycles. The second-order valence-electron chi connectivity index (χ2n) is 8.54. The van der Waals surface area contributed by atoms with Gasteiger partial charge in [-0.1, -0.05) is 41.9 Å². The van der Waals surface area contributed by atoms with E-state index in [1.807, 2.05) is 47.0 Å². The molecule has 6 heteroatoms. The van der Waals surface area contributed by atoms with Crippen LogP contribution in [0, 0.1) is 0 Å². The molecule has 5 rings (SSSR count). The summed E-state index contributed by atoms with van der Waals surface area (Å²) in [6, 6.07) is 23.1. The van der Waals surface area contributed by atoms with Gasteiger partial charge in [-0.05, 0) is 79.3 Å². The van der Waals surface area contributed by atoms with Crippen molar-refractivity contribution in [1.29, 1.82) is 0 Å². The lowest BCUT2D eigenvalue weighted by atomic mass is 9.96. The van der Waals surface area contributed by atoms with E-state index in [1.54, 1.807) is 12.1 Å². The number of hydrogen-bond acceptors (Lipinski definition) is 3. The number of carbonyl (C=O) groups excluding carboxylic acids is 2. The summed E-state index contributed by atoms with van der Waals surface area (Å²) < 4.78 is 1.95. The number of thioether (sulfide) groups is 1. The van der Waals surface area contributed by atoms with Crippen LogP contribution in [0.3, 0.4) is 0 Å². The number of anilines is 1. The van der Waals surface area contributed by atoms with E-state index >= 15 is 0 Å². The molecular formula is C28H25ClN2O2S. The summed E-state index contributed by atoms with van der Waals surface area (Å²) in [6.45, 7) is 0. The molecule has 0 unspecified atom stereocenters. The fourth-order valence-electron chi connectivity index (χ4n) is 4.62. The molecule has 4 aromatic rings. The third kappa shape index (κ3) is 4.91. The van der Waals surface area contributed by atoms with Crippen molar-refractivity contribution in [1.82, 2.24) is 4.57 Å². The van der Waals surface area contributed by atoms with Crippen LogP contribution < -0.4 is 5.32 Å². The summed E-state index contributed by atoms with van der Waals surface area (Å²) in [5, 5.41) is 4.79. The van der Waals surface area contributed by atoms with Crippen molar-refractivity contribution in [3.63, 3.8) is 0 Å². The molecule has 0 radical (unpaired) electrons. The first kappa shape index (κ1) is 22.8. The lowest BCUT2D eigenvalue weighted by molar-refractivity contribution is -0.115. The zero-order valence-electron chi connectivity index (χ0n) is 18.7. The minimum atomic E-state index is -0.0813. The summed E-state index contributed by atoms with van der Waals surface area (Å²) in [5.41, 5.74) is 5.21. The molecule has 34 heavy (non-hydrogen) atoms. The Morgan fingerprint density at radius 2 is 1.65 bits per heavy atom. The molecule has 0 spiro atoms. The number of amides is 1. The molecule has 1 aliphatic rings. The first-order valence-corrected chi connectivity index (χ1v) is 12.9. The average Bonchev–Trinajstić information content (AvgIpc) is 3.19. The number of halogens is 1. The van der Waals surface area contributed by atoms with Gasteiger partial charge in [0.15, 0.2) is 0 Å². The van der Waals surface area contributed by atoms with Crippen molar-refractivity contribution in [2.24, 2.45) is 0 Å². The van der Waals surface area contributed by atoms with E-state index in [0.29, 0.717) is 10.8 Å². The monoisotopic (exact) mass is 488 g/mol. The molecule has 0 fully saturated rings. The molecule has 0 bridgehead atoms. The van der Waals surface area contributed by atoms with Gasteiger partial charge in [-0.3, -0.25) is 14.2 Å². The Morgan fingerprint density at radius 1 is 0.912 bits per heavy atom. The number of aryl methyl sites for hydroxylation is 1. The van der Waals surface area contributed by atoms with Crippen molar-refractivity contribution in [2.75, 3.05) is 11.1 Å². The third-order valence-corrected chi connectivity index (χ3v) is 7.46. The molecule has 172 valence electrons. The summed E-state index contributed by atoms with van der Waals surface area (Å²) in [6.07, 6.45) is 4.62. The lowest BCUT2D eigenvalue weighted by Crippen LogP contribution is -2.18. The van der Waals surface area contributed by atoms with Gasteiger partial charge in [-0.15, -0.1) is 11.8 Å². The highest BCUT2D eigenvalue weighted by Gasteiger charge is 2.23. The Bertz CT molecular complexity index is 1340. The second kappa shape index (κ2) is 10.1. The quantitative estimate of drug-likeness (QED) is 0.304. The smallest absolute Gasteiger partial charge is 0.241 e. The van der Waals surface area contributed by atoms with E-state index in [4.69, 9.17) is 11.6 Å². The maximum atomic E-state index is 13.2. The van der Waals surface area contributed by atoms with Crippen LogP contribution >= 0.6 is 23.4 Å². The summed E-state index contributed by atoms with van der Waals surface area (Å²) in [5.74, 6) is 0.403. The molecule has 3 aromatic carbocycles. The van der Waals surface area contributed by atoms with Crippen molar-refractivity contribution in [3.8, 4) is 0 Å². The number of rotatable bonds is 6. The molecule has 1 amide bonds. The van der Waals surface area contributed by atoms with Crippen molar-refractivity contribution < 1.29 is 9.59 Å². The number of nitrogens with zero attached hydrogens (tertiary/aromatic N) is 1. The van der Waals surface area contributed by atoms with Gasteiger partial charge in [0.05, 0.1) is 17.7 Å². The average molecular weight is 489 g/mol. The van der Waals surface area contributed by atoms with Gasteiger partial charge >= 0.3 is 0 Å². The number of fused-ring (bicyclic) bond motifs is 3. The topological polar surface area (TPSA) is 51.1 Å². The van der Waals surface area contributed by atoms with E-state index in [2.05, 4.69) is 23.5 Å². The zero-order valence-corrected chi connectivity index (χ0v) is 20.3. The maximum absolute atomic E-state index is 13.2. The normalized spacial score (nSPS) is 13.0. The Hall–Kier alpha value is -3.02. The highest BCUT2D eigenvalue weighted by molar-refractivity contribution is 8.00. The molecule has 1 heterocycles. The number of carbonyl (C=O) groups is 2. The van der Waals surface area contributed by atoms with Gasteiger partial charge in [-0.25, -0.2) is 0 Å². The molecule has 0 aliphatic heterocycles. The van der Waals surface area contributed by atoms with Crippen LogP contribution in [0.2, 0.25) is 5.02 Å². The minimum Gasteiger partial charge on any atom is -0.326 e. The summed E-state index contributed by atoms with van der Waals surface area (Å²) >= 11 is 7.42. The number of nitrogens with one attached hydrogen (secondary N) is 1. The Kier molecular flexibility index (Phi) is 6.75. The predicted octanol–water partition coefficient (Wildman–Crippen LogP) is 6.79. The number of benzene rings is 3. The minimum absolute atomic E-state index is 0.0813. The second-order valence-corrected chi connectivity index (χ2v) is 10.0. The standard InChI is InChI=1S/C28H25ClN2O2S/c29-20-11-9-19(10-12-20)17-27(32)30-21-13-15-22(16-14-21)34-18-28(33)31-25-7-3-1-5-23(25)24-6-2-4-8-26(24)31/h1,3,5,7,9-16H,2,4,6,8,17-18H2,(H,30,32). The van der Waals surface area contributed by atoms with E-state index in [0.717, 1.165) is 40.9 Å². The van der Waals surface area contributed by atoms with Crippen LogP contribution in [-0.4, -0.2) is 22.1 Å². The van der Waals surface area contributed by atoms with Crippen LogP contribution in [0.4, 0.5) is 5.69 Å². The van der Waals surface area contributed by atoms with E-state index in [-0.39, 0.29) is 18.2 Å². The van der Waals surface area contributed by atoms with E-state index in [1.165, 1.54) is 34.8 Å². The molecule has 1 aliphatic carbocycles.